The van der Waals surface area contributed by atoms with Crippen LogP contribution in [0.3, 0.4) is 0 Å². The standard InChI is InChI=1S/C12H18IN2O2/c1-12(2,3)17-11(16)15-14-10-7-5-6-9(8-10)13-4/h5-8,14H,1-4H3,(H,15,16)/q-1. The van der Waals surface area contributed by atoms with Gasteiger partial charge in [-0.25, -0.2) is 0 Å². The van der Waals surface area contributed by atoms with Gasteiger partial charge in [-0.05, 0) is 0 Å². The molecule has 4 nitrogen and oxygen atoms in total. The molecule has 0 bridgehead atoms. The summed E-state index contributed by atoms with van der Waals surface area (Å²) in [7, 11) is 0. The summed E-state index contributed by atoms with van der Waals surface area (Å²) >= 11 is 0.0587. The maximum atomic E-state index is 11.4. The molecular formula is C12H18IN2O2-. The van der Waals surface area contributed by atoms with Crippen LogP contribution in [0.5, 0.6) is 0 Å². The van der Waals surface area contributed by atoms with Gasteiger partial charge in [0, 0.05) is 0 Å². The van der Waals surface area contributed by atoms with E-state index in [0.717, 1.165) is 5.69 Å². The monoisotopic (exact) mass is 349 g/mol. The van der Waals surface area contributed by atoms with Gasteiger partial charge in [0.2, 0.25) is 0 Å². The molecule has 1 amide bonds. The molecule has 0 aliphatic rings. The number of carbonyl (C=O) groups is 1. The molecular weight excluding hydrogens is 331 g/mol. The molecule has 0 spiro atoms. The number of hydrazine groups is 1. The molecule has 0 atom stereocenters. The van der Waals surface area contributed by atoms with Crippen molar-refractivity contribution in [3.05, 3.63) is 27.8 Å². The van der Waals surface area contributed by atoms with E-state index in [9.17, 15) is 4.79 Å². The zero-order valence-electron chi connectivity index (χ0n) is 10.5. The van der Waals surface area contributed by atoms with Crippen molar-refractivity contribution in [3.63, 3.8) is 0 Å². The molecule has 0 unspecified atom stereocenters. The zero-order chi connectivity index (χ0) is 12.9. The normalized spacial score (nSPS) is 11.1. The van der Waals surface area contributed by atoms with Gasteiger partial charge in [0.25, 0.3) is 0 Å². The van der Waals surface area contributed by atoms with Crippen LogP contribution in [-0.4, -0.2) is 16.6 Å². The van der Waals surface area contributed by atoms with Gasteiger partial charge in [-0.2, -0.15) is 0 Å². The third kappa shape index (κ3) is 5.76. The molecule has 17 heavy (non-hydrogen) atoms. The Labute approximate surface area is 112 Å². The minimum absolute atomic E-state index is 0.0587. The Hall–Kier alpha value is -0.980. The van der Waals surface area contributed by atoms with Crippen LogP contribution in [0, 0.1) is 3.57 Å². The summed E-state index contributed by atoms with van der Waals surface area (Å²) < 4.78 is 6.43. The Balaban J connectivity index is 2.47. The Kier molecular flexibility index (Phi) is 5.04. The fourth-order valence-corrected chi connectivity index (χ4v) is 2.32. The first-order chi connectivity index (χ1) is 7.90. The molecule has 0 aliphatic heterocycles. The number of alkyl halides is 1. The van der Waals surface area contributed by atoms with E-state index in [0.29, 0.717) is 0 Å². The van der Waals surface area contributed by atoms with E-state index in [-0.39, 0.29) is 21.2 Å². The number of nitrogens with one attached hydrogen (secondary N) is 2. The van der Waals surface area contributed by atoms with Crippen LogP contribution >= 0.6 is 0 Å². The predicted octanol–water partition coefficient (Wildman–Crippen LogP) is -0.573. The summed E-state index contributed by atoms with van der Waals surface area (Å²) in [6, 6.07) is 7.99. The number of rotatable bonds is 3. The number of benzene rings is 1. The van der Waals surface area contributed by atoms with E-state index in [1.165, 1.54) is 3.57 Å². The first kappa shape index (κ1) is 14.1. The Bertz CT molecular complexity index is 388. The predicted molar refractivity (Wildman–Crippen MR) is 64.1 cm³/mol. The Morgan fingerprint density at radius 3 is 2.65 bits per heavy atom. The van der Waals surface area contributed by atoms with E-state index < -0.39 is 11.7 Å². The van der Waals surface area contributed by atoms with Gasteiger partial charge in [0.1, 0.15) is 0 Å². The number of anilines is 1. The number of ether oxygens (including phenoxy) is 1. The van der Waals surface area contributed by atoms with Crippen molar-refractivity contribution in [1.29, 1.82) is 0 Å². The molecule has 0 saturated carbocycles. The fraction of sp³-hybridized carbons (Fsp3) is 0.417. The van der Waals surface area contributed by atoms with Gasteiger partial charge in [-0.15, -0.1) is 0 Å². The Morgan fingerprint density at radius 2 is 2.06 bits per heavy atom. The maximum absolute atomic E-state index is 11.4. The second-order valence-electron chi connectivity index (χ2n) is 4.45. The van der Waals surface area contributed by atoms with Crippen LogP contribution in [0.25, 0.3) is 0 Å². The van der Waals surface area contributed by atoms with E-state index in [2.05, 4.69) is 21.8 Å². The first-order valence-electron chi connectivity index (χ1n) is 5.25. The summed E-state index contributed by atoms with van der Waals surface area (Å²) in [6.07, 6.45) is -0.478. The average molecular weight is 349 g/mol. The first-order valence-corrected chi connectivity index (χ1v) is 8.49. The molecule has 2 N–H and O–H groups in total. The van der Waals surface area contributed by atoms with E-state index >= 15 is 0 Å². The summed E-state index contributed by atoms with van der Waals surface area (Å²) in [6.45, 7) is 5.48. The zero-order valence-corrected chi connectivity index (χ0v) is 12.7. The molecule has 0 radical (unpaired) electrons. The summed E-state index contributed by atoms with van der Waals surface area (Å²) in [5.41, 5.74) is 5.73. The van der Waals surface area contributed by atoms with Crippen molar-refractivity contribution in [2.45, 2.75) is 26.4 Å². The average Bonchev–Trinajstić information content (AvgIpc) is 2.24. The molecule has 5 heteroatoms. The Morgan fingerprint density at radius 1 is 1.35 bits per heavy atom. The topological polar surface area (TPSA) is 50.4 Å². The van der Waals surface area contributed by atoms with E-state index in [1.54, 1.807) is 0 Å². The third-order valence-corrected chi connectivity index (χ3v) is 3.67. The summed E-state index contributed by atoms with van der Waals surface area (Å²) in [5.74, 6) is 0. The second-order valence-corrected chi connectivity index (χ2v) is 6.78. The fourth-order valence-electron chi connectivity index (χ4n) is 1.11. The van der Waals surface area contributed by atoms with E-state index in [1.807, 2.05) is 39.0 Å². The van der Waals surface area contributed by atoms with Crippen molar-refractivity contribution in [3.8, 4) is 0 Å². The molecule has 1 aromatic carbocycles. The van der Waals surface area contributed by atoms with Gasteiger partial charge in [-0.3, -0.25) is 0 Å². The van der Waals surface area contributed by atoms with Gasteiger partial charge in [0.15, 0.2) is 0 Å². The van der Waals surface area contributed by atoms with Crippen molar-refractivity contribution in [2.75, 3.05) is 10.4 Å². The number of carbonyl (C=O) groups excluding carboxylic acids is 1. The number of hydrogen-bond donors (Lipinski definition) is 2. The molecule has 0 aliphatic carbocycles. The van der Waals surface area contributed by atoms with Crippen LogP contribution in [0.2, 0.25) is 0 Å². The van der Waals surface area contributed by atoms with Crippen LogP contribution < -0.4 is 32.1 Å². The molecule has 96 valence electrons. The quantitative estimate of drug-likeness (QED) is 0.437. The van der Waals surface area contributed by atoms with Crippen molar-refractivity contribution < 1.29 is 30.7 Å². The number of halogens is 1. The molecule has 0 saturated heterocycles. The molecule has 0 fully saturated rings. The van der Waals surface area contributed by atoms with Gasteiger partial charge in [-0.1, -0.05) is 0 Å². The molecule has 0 aromatic heterocycles. The molecule has 1 rings (SSSR count). The van der Waals surface area contributed by atoms with Crippen molar-refractivity contribution >= 4 is 11.8 Å². The minimum atomic E-state index is -0.484. The van der Waals surface area contributed by atoms with Gasteiger partial charge < -0.3 is 0 Å². The SMILES string of the molecule is C[I-]c1cccc(NNC(=O)OC(C)(C)C)c1. The summed E-state index contributed by atoms with van der Waals surface area (Å²) in [4.78, 5) is 13.6. The van der Waals surface area contributed by atoms with Crippen LogP contribution in [0.15, 0.2) is 24.3 Å². The van der Waals surface area contributed by atoms with Crippen molar-refractivity contribution in [1.82, 2.24) is 5.43 Å². The van der Waals surface area contributed by atoms with E-state index in [4.69, 9.17) is 4.74 Å². The number of amides is 1. The van der Waals surface area contributed by atoms with Crippen molar-refractivity contribution in [2.24, 2.45) is 0 Å². The molecule has 0 heterocycles. The summed E-state index contributed by atoms with van der Waals surface area (Å²) in [5, 5.41) is 0. The van der Waals surface area contributed by atoms with Crippen LogP contribution in [-0.2, 0) is 4.74 Å². The van der Waals surface area contributed by atoms with Gasteiger partial charge in [0.05, 0.1) is 0 Å². The van der Waals surface area contributed by atoms with Crippen LogP contribution in [0.4, 0.5) is 10.5 Å². The number of hydrogen-bond acceptors (Lipinski definition) is 3. The third-order valence-electron chi connectivity index (χ3n) is 1.75. The van der Waals surface area contributed by atoms with Crippen LogP contribution in [0.1, 0.15) is 20.8 Å². The second kappa shape index (κ2) is 6.09. The molecule has 1 aromatic rings. The van der Waals surface area contributed by atoms with Gasteiger partial charge >= 0.3 is 113 Å².